The standard InChI is InChI=1S/C17H19ClN2OS/c1-2-3-16(15-9-4-12(18)10-17(15)22)20(11-19)13-5-7-14(21)8-6-13/h3-4,9-10,13,22H,2,5-8H2,1H3/b16-3+. The lowest BCUT2D eigenvalue weighted by Gasteiger charge is -2.32. The van der Waals surface area contributed by atoms with Gasteiger partial charge in [-0.25, -0.2) is 0 Å². The molecule has 1 aliphatic rings. The quantitative estimate of drug-likeness (QED) is 0.494. The SMILES string of the molecule is CC/C=C(\c1ccc(Cl)cc1S)N(C#N)C1CCC(=O)CC1. The first-order valence-electron chi connectivity index (χ1n) is 7.46. The molecule has 0 saturated heterocycles. The third-order valence-corrected chi connectivity index (χ3v) is 4.48. The van der Waals surface area contributed by atoms with Crippen molar-refractivity contribution in [2.45, 2.75) is 50.0 Å². The van der Waals surface area contributed by atoms with Gasteiger partial charge in [-0.1, -0.05) is 30.7 Å². The first-order chi connectivity index (χ1) is 10.6. The molecule has 0 atom stereocenters. The number of hydrogen-bond donors (Lipinski definition) is 1. The predicted molar refractivity (Wildman–Crippen MR) is 91.7 cm³/mol. The number of nitrogens with zero attached hydrogens (tertiary/aromatic N) is 2. The summed E-state index contributed by atoms with van der Waals surface area (Å²) >= 11 is 10.5. The fraction of sp³-hybridized carbons (Fsp3) is 0.412. The van der Waals surface area contributed by atoms with E-state index >= 15 is 0 Å². The van der Waals surface area contributed by atoms with Crippen LogP contribution in [0.4, 0.5) is 0 Å². The number of halogens is 1. The smallest absolute Gasteiger partial charge is 0.184 e. The highest BCUT2D eigenvalue weighted by Crippen LogP contribution is 2.32. The molecule has 22 heavy (non-hydrogen) atoms. The lowest BCUT2D eigenvalue weighted by atomic mass is 9.92. The molecule has 0 aromatic heterocycles. The molecule has 0 unspecified atom stereocenters. The Morgan fingerprint density at radius 2 is 2.18 bits per heavy atom. The van der Waals surface area contributed by atoms with Crippen LogP contribution in [-0.2, 0) is 4.79 Å². The molecular formula is C17H19ClN2OS. The Labute approximate surface area is 142 Å². The molecule has 0 spiro atoms. The van der Waals surface area contributed by atoms with Gasteiger partial charge in [-0.15, -0.1) is 12.6 Å². The molecule has 0 aliphatic heterocycles. The molecule has 0 amide bonds. The van der Waals surface area contributed by atoms with Crippen molar-refractivity contribution in [1.82, 2.24) is 4.90 Å². The van der Waals surface area contributed by atoms with Gasteiger partial charge in [0.25, 0.3) is 0 Å². The van der Waals surface area contributed by atoms with Crippen molar-refractivity contribution in [2.75, 3.05) is 0 Å². The fourth-order valence-electron chi connectivity index (χ4n) is 2.77. The van der Waals surface area contributed by atoms with E-state index in [2.05, 4.69) is 18.8 Å². The van der Waals surface area contributed by atoms with E-state index in [-0.39, 0.29) is 11.8 Å². The Morgan fingerprint density at radius 1 is 1.50 bits per heavy atom. The first kappa shape index (κ1) is 16.9. The number of nitriles is 1. The summed E-state index contributed by atoms with van der Waals surface area (Å²) < 4.78 is 0. The predicted octanol–water partition coefficient (Wildman–Crippen LogP) is 4.67. The van der Waals surface area contributed by atoms with Crippen molar-refractivity contribution < 1.29 is 4.79 Å². The molecule has 5 heteroatoms. The minimum atomic E-state index is 0.0731. The molecule has 1 aromatic rings. The average Bonchev–Trinajstić information content (AvgIpc) is 2.49. The monoisotopic (exact) mass is 334 g/mol. The molecule has 3 nitrogen and oxygen atoms in total. The van der Waals surface area contributed by atoms with E-state index in [0.717, 1.165) is 35.4 Å². The van der Waals surface area contributed by atoms with Gasteiger partial charge < -0.3 is 0 Å². The van der Waals surface area contributed by atoms with Crippen LogP contribution in [0.2, 0.25) is 5.02 Å². The number of benzene rings is 1. The van der Waals surface area contributed by atoms with Crippen LogP contribution in [0.25, 0.3) is 5.70 Å². The number of ketones is 1. The lowest BCUT2D eigenvalue weighted by Crippen LogP contribution is -2.34. The van der Waals surface area contributed by atoms with Gasteiger partial charge in [-0.05, 0) is 31.4 Å². The van der Waals surface area contributed by atoms with Crippen molar-refractivity contribution in [1.29, 1.82) is 5.26 Å². The normalized spacial score (nSPS) is 16.5. The van der Waals surface area contributed by atoms with Crippen molar-refractivity contribution in [3.05, 3.63) is 34.9 Å². The molecule has 1 saturated carbocycles. The van der Waals surface area contributed by atoms with Gasteiger partial charge in [0.15, 0.2) is 6.19 Å². The van der Waals surface area contributed by atoms with Gasteiger partial charge in [0.2, 0.25) is 0 Å². The Kier molecular flexibility index (Phi) is 5.93. The summed E-state index contributed by atoms with van der Waals surface area (Å²) in [6.07, 6.45) is 7.70. The topological polar surface area (TPSA) is 44.1 Å². The molecule has 0 heterocycles. The van der Waals surface area contributed by atoms with E-state index in [9.17, 15) is 10.1 Å². The molecule has 1 aliphatic carbocycles. The summed E-state index contributed by atoms with van der Waals surface area (Å²) in [5.41, 5.74) is 1.75. The maximum absolute atomic E-state index is 11.4. The second-order valence-corrected chi connectivity index (χ2v) is 6.32. The lowest BCUT2D eigenvalue weighted by molar-refractivity contribution is -0.120. The Balaban J connectivity index is 2.35. The zero-order valence-corrected chi connectivity index (χ0v) is 14.2. The minimum Gasteiger partial charge on any atom is -0.300 e. The second-order valence-electron chi connectivity index (χ2n) is 5.40. The summed E-state index contributed by atoms with van der Waals surface area (Å²) in [7, 11) is 0. The van der Waals surface area contributed by atoms with Gasteiger partial charge in [0, 0.05) is 34.4 Å². The second kappa shape index (κ2) is 7.71. The van der Waals surface area contributed by atoms with E-state index in [0.29, 0.717) is 17.9 Å². The first-order valence-corrected chi connectivity index (χ1v) is 8.29. The molecular weight excluding hydrogens is 316 g/mol. The zero-order valence-electron chi connectivity index (χ0n) is 12.6. The summed E-state index contributed by atoms with van der Waals surface area (Å²) in [5.74, 6) is 0.288. The highest BCUT2D eigenvalue weighted by atomic mass is 35.5. The van der Waals surface area contributed by atoms with E-state index in [1.54, 1.807) is 17.0 Å². The van der Waals surface area contributed by atoms with Crippen LogP contribution in [0, 0.1) is 11.5 Å². The number of thiol groups is 1. The van der Waals surface area contributed by atoms with E-state index in [1.165, 1.54) is 0 Å². The third-order valence-electron chi connectivity index (χ3n) is 3.88. The highest BCUT2D eigenvalue weighted by Gasteiger charge is 2.27. The Hall–Kier alpha value is -1.44. The van der Waals surface area contributed by atoms with Crippen molar-refractivity contribution in [2.24, 2.45) is 0 Å². The van der Waals surface area contributed by atoms with E-state index in [1.807, 2.05) is 19.1 Å². The number of carbonyl (C=O) groups excluding carboxylic acids is 1. The van der Waals surface area contributed by atoms with Crippen molar-refractivity contribution >= 4 is 35.7 Å². The summed E-state index contributed by atoms with van der Waals surface area (Å²) in [4.78, 5) is 13.9. The van der Waals surface area contributed by atoms with Crippen LogP contribution < -0.4 is 0 Å². The summed E-state index contributed by atoms with van der Waals surface area (Å²) in [6.45, 7) is 2.04. The minimum absolute atomic E-state index is 0.0731. The zero-order chi connectivity index (χ0) is 16.1. The molecule has 1 fully saturated rings. The number of Topliss-reactive ketones (excluding diaryl/α,β-unsaturated/α-hetero) is 1. The Morgan fingerprint density at radius 3 is 2.73 bits per heavy atom. The number of hydrogen-bond acceptors (Lipinski definition) is 4. The molecule has 2 rings (SSSR count). The van der Waals surface area contributed by atoms with E-state index in [4.69, 9.17) is 11.6 Å². The number of rotatable bonds is 4. The largest absolute Gasteiger partial charge is 0.300 e. The Bertz CT molecular complexity index is 626. The van der Waals surface area contributed by atoms with Crippen LogP contribution in [0.5, 0.6) is 0 Å². The fourth-order valence-corrected chi connectivity index (χ4v) is 3.34. The van der Waals surface area contributed by atoms with Crippen LogP contribution in [0.15, 0.2) is 29.2 Å². The van der Waals surface area contributed by atoms with Crippen molar-refractivity contribution in [3.63, 3.8) is 0 Å². The molecule has 0 N–H and O–H groups in total. The molecule has 1 aromatic carbocycles. The van der Waals surface area contributed by atoms with Gasteiger partial charge in [0.05, 0.1) is 5.70 Å². The van der Waals surface area contributed by atoms with Crippen LogP contribution in [0.1, 0.15) is 44.6 Å². The van der Waals surface area contributed by atoms with Crippen LogP contribution in [-0.4, -0.2) is 16.7 Å². The maximum Gasteiger partial charge on any atom is 0.184 e. The van der Waals surface area contributed by atoms with Crippen molar-refractivity contribution in [3.8, 4) is 6.19 Å². The number of allylic oxidation sites excluding steroid dienone is 1. The third kappa shape index (κ3) is 3.85. The van der Waals surface area contributed by atoms with Gasteiger partial charge >= 0.3 is 0 Å². The van der Waals surface area contributed by atoms with Gasteiger partial charge in [-0.2, -0.15) is 5.26 Å². The molecule has 116 valence electrons. The number of carbonyl (C=O) groups is 1. The van der Waals surface area contributed by atoms with E-state index < -0.39 is 0 Å². The summed E-state index contributed by atoms with van der Waals surface area (Å²) in [6, 6.07) is 5.55. The van der Waals surface area contributed by atoms with Crippen LogP contribution in [0.3, 0.4) is 0 Å². The molecule has 0 bridgehead atoms. The molecule has 0 radical (unpaired) electrons. The average molecular weight is 335 g/mol. The summed E-state index contributed by atoms with van der Waals surface area (Å²) in [5, 5.41) is 10.3. The van der Waals surface area contributed by atoms with Crippen LogP contribution >= 0.6 is 24.2 Å². The van der Waals surface area contributed by atoms with Gasteiger partial charge in [0.1, 0.15) is 5.78 Å². The van der Waals surface area contributed by atoms with Gasteiger partial charge in [-0.3, -0.25) is 9.69 Å². The maximum atomic E-state index is 11.4. The highest BCUT2D eigenvalue weighted by molar-refractivity contribution is 7.80.